The van der Waals surface area contributed by atoms with Crippen molar-refractivity contribution in [3.05, 3.63) is 66.7 Å². The Morgan fingerprint density at radius 1 is 1.00 bits per heavy atom. The largest absolute Gasteiger partial charge is 0.325 e. The van der Waals surface area contributed by atoms with Crippen molar-refractivity contribution in [1.29, 1.82) is 0 Å². The molecule has 0 aromatic heterocycles. The van der Waals surface area contributed by atoms with Gasteiger partial charge in [0.25, 0.3) is 0 Å². The van der Waals surface area contributed by atoms with Crippen molar-refractivity contribution in [2.75, 3.05) is 5.32 Å². The SMILES string of the molecule is O=C(Nc1ccccc1Sc1ccccc1)C1CC=CCC1. The monoisotopic (exact) mass is 309 g/mol. The Hall–Kier alpha value is -2.00. The summed E-state index contributed by atoms with van der Waals surface area (Å²) in [5.74, 6) is 0.227. The van der Waals surface area contributed by atoms with Crippen LogP contribution in [-0.4, -0.2) is 5.91 Å². The number of nitrogens with one attached hydrogen (secondary N) is 1. The van der Waals surface area contributed by atoms with Gasteiger partial charge in [-0.3, -0.25) is 4.79 Å². The van der Waals surface area contributed by atoms with Crippen LogP contribution in [0.2, 0.25) is 0 Å². The molecule has 3 rings (SSSR count). The minimum absolute atomic E-state index is 0.0970. The summed E-state index contributed by atoms with van der Waals surface area (Å²) in [6.07, 6.45) is 7.05. The highest BCUT2D eigenvalue weighted by molar-refractivity contribution is 7.99. The van der Waals surface area contributed by atoms with Crippen LogP contribution >= 0.6 is 11.8 Å². The first-order chi connectivity index (χ1) is 10.8. The average Bonchev–Trinajstić information content (AvgIpc) is 2.58. The molecule has 0 heterocycles. The topological polar surface area (TPSA) is 29.1 Å². The zero-order valence-corrected chi connectivity index (χ0v) is 13.2. The van der Waals surface area contributed by atoms with Gasteiger partial charge in [-0.15, -0.1) is 0 Å². The van der Waals surface area contributed by atoms with E-state index in [4.69, 9.17) is 0 Å². The van der Waals surface area contributed by atoms with Crippen LogP contribution in [-0.2, 0) is 4.79 Å². The van der Waals surface area contributed by atoms with Gasteiger partial charge < -0.3 is 5.32 Å². The molecule has 1 aliphatic carbocycles. The Kier molecular flexibility index (Phi) is 4.96. The van der Waals surface area contributed by atoms with E-state index in [2.05, 4.69) is 29.6 Å². The van der Waals surface area contributed by atoms with Gasteiger partial charge in [0.1, 0.15) is 0 Å². The van der Waals surface area contributed by atoms with Crippen LogP contribution in [0.5, 0.6) is 0 Å². The van der Waals surface area contributed by atoms with E-state index in [1.165, 1.54) is 4.90 Å². The molecule has 0 radical (unpaired) electrons. The Bertz CT molecular complexity index is 666. The number of allylic oxidation sites excluding steroid dienone is 2. The predicted molar refractivity (Wildman–Crippen MR) is 92.1 cm³/mol. The van der Waals surface area contributed by atoms with E-state index in [0.717, 1.165) is 29.8 Å². The van der Waals surface area contributed by atoms with Gasteiger partial charge >= 0.3 is 0 Å². The number of benzene rings is 2. The van der Waals surface area contributed by atoms with Crippen molar-refractivity contribution in [3.8, 4) is 0 Å². The van der Waals surface area contributed by atoms with Gasteiger partial charge in [0.15, 0.2) is 0 Å². The molecule has 1 atom stereocenters. The molecule has 0 saturated heterocycles. The van der Waals surface area contributed by atoms with Crippen molar-refractivity contribution in [2.45, 2.75) is 29.1 Å². The average molecular weight is 309 g/mol. The van der Waals surface area contributed by atoms with Crippen LogP contribution in [0.4, 0.5) is 5.69 Å². The standard InChI is InChI=1S/C19H19NOS/c21-19(15-9-3-1-4-10-15)20-17-13-7-8-14-18(17)22-16-11-5-2-6-12-16/h1-3,5-8,11-15H,4,9-10H2,(H,20,21). The lowest BCUT2D eigenvalue weighted by Gasteiger charge is -2.18. The number of carbonyl (C=O) groups is 1. The predicted octanol–water partition coefficient (Wildman–Crippen LogP) is 5.13. The minimum Gasteiger partial charge on any atom is -0.325 e. The van der Waals surface area contributed by atoms with Gasteiger partial charge in [0.05, 0.1) is 5.69 Å². The first-order valence-corrected chi connectivity index (χ1v) is 8.42. The second-order valence-electron chi connectivity index (χ2n) is 5.38. The normalized spacial score (nSPS) is 17.2. The van der Waals surface area contributed by atoms with E-state index in [1.54, 1.807) is 11.8 Å². The number of carbonyl (C=O) groups excluding carboxylic acids is 1. The van der Waals surface area contributed by atoms with Crippen LogP contribution in [0.1, 0.15) is 19.3 Å². The molecule has 0 aliphatic heterocycles. The van der Waals surface area contributed by atoms with Crippen molar-refractivity contribution in [3.63, 3.8) is 0 Å². The van der Waals surface area contributed by atoms with Crippen LogP contribution in [0.3, 0.4) is 0 Å². The summed E-state index contributed by atoms with van der Waals surface area (Å²) < 4.78 is 0. The van der Waals surface area contributed by atoms with Gasteiger partial charge in [-0.2, -0.15) is 0 Å². The molecule has 2 aromatic rings. The molecule has 3 heteroatoms. The summed E-state index contributed by atoms with van der Waals surface area (Å²) in [4.78, 5) is 14.7. The van der Waals surface area contributed by atoms with Crippen molar-refractivity contribution >= 4 is 23.4 Å². The van der Waals surface area contributed by atoms with E-state index in [-0.39, 0.29) is 11.8 Å². The number of rotatable bonds is 4. The molecule has 0 bridgehead atoms. The lowest BCUT2D eigenvalue weighted by Crippen LogP contribution is -2.23. The maximum absolute atomic E-state index is 12.4. The minimum atomic E-state index is 0.0970. The highest BCUT2D eigenvalue weighted by Gasteiger charge is 2.19. The molecule has 0 fully saturated rings. The smallest absolute Gasteiger partial charge is 0.227 e. The summed E-state index contributed by atoms with van der Waals surface area (Å²) in [6.45, 7) is 0. The fraction of sp³-hybridized carbons (Fsp3) is 0.211. The van der Waals surface area contributed by atoms with Crippen molar-refractivity contribution < 1.29 is 4.79 Å². The van der Waals surface area contributed by atoms with Crippen LogP contribution in [0, 0.1) is 5.92 Å². The van der Waals surface area contributed by atoms with E-state index >= 15 is 0 Å². The zero-order valence-electron chi connectivity index (χ0n) is 12.4. The third-order valence-corrected chi connectivity index (χ3v) is 4.84. The fourth-order valence-electron chi connectivity index (χ4n) is 2.54. The maximum atomic E-state index is 12.4. The van der Waals surface area contributed by atoms with E-state index in [1.807, 2.05) is 42.5 Å². The summed E-state index contributed by atoms with van der Waals surface area (Å²) in [5, 5.41) is 3.11. The van der Waals surface area contributed by atoms with Crippen molar-refractivity contribution in [1.82, 2.24) is 0 Å². The van der Waals surface area contributed by atoms with Crippen molar-refractivity contribution in [2.24, 2.45) is 5.92 Å². The third-order valence-electron chi connectivity index (χ3n) is 3.76. The number of hydrogen-bond donors (Lipinski definition) is 1. The first-order valence-electron chi connectivity index (χ1n) is 7.61. The fourth-order valence-corrected chi connectivity index (χ4v) is 3.46. The molecule has 1 aliphatic rings. The molecule has 2 nitrogen and oxygen atoms in total. The van der Waals surface area contributed by atoms with Gasteiger partial charge in [-0.25, -0.2) is 0 Å². The Morgan fingerprint density at radius 2 is 1.77 bits per heavy atom. The van der Waals surface area contributed by atoms with E-state index in [9.17, 15) is 4.79 Å². The second-order valence-corrected chi connectivity index (χ2v) is 6.50. The maximum Gasteiger partial charge on any atom is 0.227 e. The molecule has 22 heavy (non-hydrogen) atoms. The molecule has 0 saturated carbocycles. The second kappa shape index (κ2) is 7.32. The number of hydrogen-bond acceptors (Lipinski definition) is 2. The molecular weight excluding hydrogens is 290 g/mol. The van der Waals surface area contributed by atoms with Gasteiger partial charge in [-0.05, 0) is 43.5 Å². The number of anilines is 1. The molecular formula is C19H19NOS. The quantitative estimate of drug-likeness (QED) is 0.793. The number of para-hydroxylation sites is 1. The summed E-state index contributed by atoms with van der Waals surface area (Å²) in [5.41, 5.74) is 0.899. The van der Waals surface area contributed by atoms with Gasteiger partial charge in [-0.1, -0.05) is 54.2 Å². The van der Waals surface area contributed by atoms with E-state index in [0.29, 0.717) is 0 Å². The molecule has 0 spiro atoms. The Labute approximate surface area is 135 Å². The third kappa shape index (κ3) is 3.80. The van der Waals surface area contributed by atoms with Gasteiger partial charge in [0, 0.05) is 15.7 Å². The summed E-state index contributed by atoms with van der Waals surface area (Å²) >= 11 is 1.67. The molecule has 2 aromatic carbocycles. The van der Waals surface area contributed by atoms with Crippen LogP contribution < -0.4 is 5.32 Å². The molecule has 1 N–H and O–H groups in total. The molecule has 1 amide bonds. The highest BCUT2D eigenvalue weighted by Crippen LogP contribution is 2.33. The van der Waals surface area contributed by atoms with Crippen LogP contribution in [0.25, 0.3) is 0 Å². The van der Waals surface area contributed by atoms with E-state index < -0.39 is 0 Å². The first kappa shape index (κ1) is 14.9. The van der Waals surface area contributed by atoms with Gasteiger partial charge in [0.2, 0.25) is 5.91 Å². The Balaban J connectivity index is 1.73. The zero-order chi connectivity index (χ0) is 15.2. The number of amides is 1. The molecule has 112 valence electrons. The summed E-state index contributed by atoms with van der Waals surface area (Å²) in [6, 6.07) is 18.2. The lowest BCUT2D eigenvalue weighted by atomic mass is 9.93. The Morgan fingerprint density at radius 3 is 2.55 bits per heavy atom. The summed E-state index contributed by atoms with van der Waals surface area (Å²) in [7, 11) is 0. The molecule has 1 unspecified atom stereocenters. The highest BCUT2D eigenvalue weighted by atomic mass is 32.2. The lowest BCUT2D eigenvalue weighted by molar-refractivity contribution is -0.120. The van der Waals surface area contributed by atoms with Crippen LogP contribution in [0.15, 0.2) is 76.5 Å².